The molecule has 1 heterocycles. The molecule has 0 saturated heterocycles. The lowest BCUT2D eigenvalue weighted by atomic mass is 10.1. The fourth-order valence-electron chi connectivity index (χ4n) is 3.20. The topological polar surface area (TPSA) is 70.9 Å². The zero-order valence-corrected chi connectivity index (χ0v) is 16.8. The number of aryl methyl sites for hydroxylation is 1. The Morgan fingerprint density at radius 1 is 1.07 bits per heavy atom. The van der Waals surface area contributed by atoms with Crippen LogP contribution in [0.4, 0.5) is 0 Å². The van der Waals surface area contributed by atoms with Crippen LogP contribution >= 0.6 is 0 Å². The van der Waals surface area contributed by atoms with Crippen molar-refractivity contribution in [3.05, 3.63) is 89.2 Å². The molecule has 4 aromatic rings. The fraction of sp³-hybridized carbons (Fsp3) is 0.120. The van der Waals surface area contributed by atoms with Crippen LogP contribution in [0, 0.1) is 18.3 Å². The lowest BCUT2D eigenvalue weighted by molar-refractivity contribution is 0.284. The fourth-order valence-corrected chi connectivity index (χ4v) is 3.20. The van der Waals surface area contributed by atoms with Crippen molar-refractivity contribution < 1.29 is 9.47 Å². The molecule has 5 nitrogen and oxygen atoms in total. The van der Waals surface area contributed by atoms with Gasteiger partial charge in [-0.05, 0) is 54.0 Å². The number of aromatic nitrogens is 2. The molecule has 1 aromatic heterocycles. The Labute approximate surface area is 175 Å². The number of imidazole rings is 1. The molecule has 0 aliphatic rings. The van der Waals surface area contributed by atoms with Gasteiger partial charge in [0.2, 0.25) is 0 Å². The maximum absolute atomic E-state index is 9.71. The van der Waals surface area contributed by atoms with Crippen LogP contribution in [0.1, 0.15) is 22.5 Å². The van der Waals surface area contributed by atoms with Crippen LogP contribution in [-0.4, -0.2) is 17.1 Å². The monoisotopic (exact) mass is 395 g/mol. The SMILES string of the molecule is COc1ccc(/C=C(/C#N)c2nc3ccc(C)cc3[nH]2)cc1OCc1ccccc1. The van der Waals surface area contributed by atoms with E-state index in [2.05, 4.69) is 16.0 Å². The molecule has 1 N–H and O–H groups in total. The summed E-state index contributed by atoms with van der Waals surface area (Å²) in [6.07, 6.45) is 1.79. The Balaban J connectivity index is 1.64. The summed E-state index contributed by atoms with van der Waals surface area (Å²) < 4.78 is 11.4. The van der Waals surface area contributed by atoms with Crippen molar-refractivity contribution in [1.82, 2.24) is 9.97 Å². The van der Waals surface area contributed by atoms with Crippen molar-refractivity contribution in [2.75, 3.05) is 7.11 Å². The Kier molecular flexibility index (Phi) is 5.49. The quantitative estimate of drug-likeness (QED) is 0.436. The van der Waals surface area contributed by atoms with Crippen LogP contribution in [0.2, 0.25) is 0 Å². The molecule has 0 bridgehead atoms. The second-order valence-electron chi connectivity index (χ2n) is 6.96. The Morgan fingerprint density at radius 3 is 2.67 bits per heavy atom. The highest BCUT2D eigenvalue weighted by Crippen LogP contribution is 2.30. The molecule has 0 aliphatic carbocycles. The van der Waals surface area contributed by atoms with E-state index >= 15 is 0 Å². The van der Waals surface area contributed by atoms with Crippen LogP contribution in [0.25, 0.3) is 22.7 Å². The summed E-state index contributed by atoms with van der Waals surface area (Å²) in [5, 5.41) is 9.71. The van der Waals surface area contributed by atoms with E-state index < -0.39 is 0 Å². The predicted octanol–water partition coefficient (Wildman–Crippen LogP) is 5.52. The van der Waals surface area contributed by atoms with E-state index in [4.69, 9.17) is 9.47 Å². The van der Waals surface area contributed by atoms with E-state index in [1.165, 1.54) is 0 Å². The number of nitriles is 1. The molecule has 0 atom stereocenters. The standard InChI is InChI=1S/C25H21N3O2/c1-17-8-10-21-22(12-17)28-25(27-21)20(15-26)13-19-9-11-23(29-2)24(14-19)30-16-18-6-4-3-5-7-18/h3-14H,16H2,1-2H3,(H,27,28)/b20-13-. The summed E-state index contributed by atoms with van der Waals surface area (Å²) in [5.74, 6) is 1.80. The molecule has 0 aliphatic heterocycles. The minimum absolute atomic E-state index is 0.429. The number of benzene rings is 3. The molecule has 30 heavy (non-hydrogen) atoms. The van der Waals surface area contributed by atoms with Gasteiger partial charge in [0.15, 0.2) is 11.5 Å². The number of fused-ring (bicyclic) bond motifs is 1. The number of nitrogens with one attached hydrogen (secondary N) is 1. The first-order chi connectivity index (χ1) is 14.7. The van der Waals surface area contributed by atoms with E-state index in [0.717, 1.165) is 27.7 Å². The lowest BCUT2D eigenvalue weighted by Crippen LogP contribution is -1.98. The van der Waals surface area contributed by atoms with Gasteiger partial charge in [-0.25, -0.2) is 4.98 Å². The number of aromatic amines is 1. The van der Waals surface area contributed by atoms with Gasteiger partial charge in [0, 0.05) is 0 Å². The highest BCUT2D eigenvalue weighted by atomic mass is 16.5. The Morgan fingerprint density at radius 2 is 1.90 bits per heavy atom. The number of methoxy groups -OCH3 is 1. The average Bonchev–Trinajstić information content (AvgIpc) is 3.19. The van der Waals surface area contributed by atoms with E-state index in [9.17, 15) is 5.26 Å². The molecule has 4 rings (SSSR count). The van der Waals surface area contributed by atoms with Gasteiger partial charge in [0.05, 0.1) is 23.7 Å². The van der Waals surface area contributed by atoms with Crippen molar-refractivity contribution in [2.45, 2.75) is 13.5 Å². The zero-order chi connectivity index (χ0) is 20.9. The van der Waals surface area contributed by atoms with Gasteiger partial charge in [0.1, 0.15) is 18.5 Å². The van der Waals surface area contributed by atoms with Gasteiger partial charge < -0.3 is 14.5 Å². The molecule has 0 radical (unpaired) electrons. The second-order valence-corrected chi connectivity index (χ2v) is 6.96. The summed E-state index contributed by atoms with van der Waals surface area (Å²) in [4.78, 5) is 7.78. The van der Waals surface area contributed by atoms with Crippen LogP contribution in [0.3, 0.4) is 0 Å². The van der Waals surface area contributed by atoms with Crippen LogP contribution in [0.15, 0.2) is 66.7 Å². The van der Waals surface area contributed by atoms with Crippen LogP contribution in [0.5, 0.6) is 11.5 Å². The summed E-state index contributed by atoms with van der Waals surface area (Å²) in [6, 6.07) is 23.7. The van der Waals surface area contributed by atoms with Gasteiger partial charge in [-0.1, -0.05) is 42.5 Å². The third-order valence-electron chi connectivity index (χ3n) is 4.75. The first kappa shape index (κ1) is 19.3. The first-order valence-corrected chi connectivity index (χ1v) is 9.59. The average molecular weight is 395 g/mol. The highest BCUT2D eigenvalue weighted by Gasteiger charge is 2.10. The van der Waals surface area contributed by atoms with E-state index in [-0.39, 0.29) is 0 Å². The number of nitrogens with zero attached hydrogens (tertiary/aromatic N) is 2. The number of hydrogen-bond acceptors (Lipinski definition) is 4. The third-order valence-corrected chi connectivity index (χ3v) is 4.75. The van der Waals surface area contributed by atoms with Gasteiger partial charge in [-0.15, -0.1) is 0 Å². The largest absolute Gasteiger partial charge is 0.493 e. The Bertz CT molecular complexity index is 1250. The molecule has 3 aromatic carbocycles. The zero-order valence-electron chi connectivity index (χ0n) is 16.8. The summed E-state index contributed by atoms with van der Waals surface area (Å²) >= 11 is 0. The van der Waals surface area contributed by atoms with E-state index in [1.807, 2.05) is 73.7 Å². The minimum Gasteiger partial charge on any atom is -0.493 e. The van der Waals surface area contributed by atoms with Crippen LogP contribution < -0.4 is 9.47 Å². The summed E-state index contributed by atoms with van der Waals surface area (Å²) in [7, 11) is 1.61. The number of allylic oxidation sites excluding steroid dienone is 1. The lowest BCUT2D eigenvalue weighted by Gasteiger charge is -2.11. The van der Waals surface area contributed by atoms with Gasteiger partial charge in [-0.3, -0.25) is 0 Å². The summed E-state index contributed by atoms with van der Waals surface area (Å²) in [5.41, 5.74) is 5.22. The van der Waals surface area contributed by atoms with E-state index in [0.29, 0.717) is 29.5 Å². The normalized spacial score (nSPS) is 11.3. The van der Waals surface area contributed by atoms with Crippen molar-refractivity contribution in [3.63, 3.8) is 0 Å². The number of rotatable bonds is 6. The summed E-state index contributed by atoms with van der Waals surface area (Å²) in [6.45, 7) is 2.45. The highest BCUT2D eigenvalue weighted by molar-refractivity contribution is 5.90. The van der Waals surface area contributed by atoms with Crippen molar-refractivity contribution >= 4 is 22.7 Å². The molecule has 0 unspecified atom stereocenters. The van der Waals surface area contributed by atoms with Crippen molar-refractivity contribution in [2.24, 2.45) is 0 Å². The molecule has 148 valence electrons. The second kappa shape index (κ2) is 8.54. The third kappa shape index (κ3) is 4.18. The van der Waals surface area contributed by atoms with Gasteiger partial charge >= 0.3 is 0 Å². The molecule has 0 saturated carbocycles. The molecule has 0 amide bonds. The smallest absolute Gasteiger partial charge is 0.162 e. The van der Waals surface area contributed by atoms with E-state index in [1.54, 1.807) is 13.2 Å². The number of ether oxygens (including phenoxy) is 2. The molecular formula is C25H21N3O2. The molecular weight excluding hydrogens is 374 g/mol. The van der Waals surface area contributed by atoms with Crippen molar-refractivity contribution in [3.8, 4) is 17.6 Å². The maximum atomic E-state index is 9.71. The number of hydrogen-bond donors (Lipinski definition) is 1. The van der Waals surface area contributed by atoms with Crippen LogP contribution in [-0.2, 0) is 6.61 Å². The molecule has 0 spiro atoms. The van der Waals surface area contributed by atoms with Gasteiger partial charge in [0.25, 0.3) is 0 Å². The predicted molar refractivity (Wildman–Crippen MR) is 118 cm³/mol. The van der Waals surface area contributed by atoms with Gasteiger partial charge in [-0.2, -0.15) is 5.26 Å². The minimum atomic E-state index is 0.429. The first-order valence-electron chi connectivity index (χ1n) is 9.59. The van der Waals surface area contributed by atoms with Crippen molar-refractivity contribution in [1.29, 1.82) is 5.26 Å². The molecule has 5 heteroatoms. The maximum Gasteiger partial charge on any atom is 0.162 e. The Hall–Kier alpha value is -4.04. The molecule has 0 fully saturated rings. The number of H-pyrrole nitrogens is 1.